The van der Waals surface area contributed by atoms with Crippen molar-refractivity contribution in [3.05, 3.63) is 0 Å². The molecule has 0 aromatic carbocycles. The Hall–Kier alpha value is -0.750. The second-order valence-electron chi connectivity index (χ2n) is 4.57. The predicted molar refractivity (Wildman–Crippen MR) is 72.8 cm³/mol. The summed E-state index contributed by atoms with van der Waals surface area (Å²) >= 11 is 1.72. The number of nitrogens with zero attached hydrogens (tertiary/aromatic N) is 1. The molecule has 0 aromatic rings. The molecule has 1 saturated heterocycles. The highest BCUT2D eigenvalue weighted by Crippen LogP contribution is 2.20. The molecular formula is C12H22N2O3S. The molecule has 0 radical (unpaired) electrons. The van der Waals surface area contributed by atoms with E-state index < -0.39 is 5.97 Å². The standard InChI is InChI=1S/C12H22N2O3S/c1-3-13-7-9(2)12(17)14-4-5-18-8-10(14)6-11(15)16/h9-10,13H,3-8H2,1-2H3,(H,15,16). The highest BCUT2D eigenvalue weighted by Gasteiger charge is 2.30. The number of amides is 1. The van der Waals surface area contributed by atoms with E-state index in [1.165, 1.54) is 0 Å². The summed E-state index contributed by atoms with van der Waals surface area (Å²) in [5.41, 5.74) is 0. The maximum atomic E-state index is 12.3. The van der Waals surface area contributed by atoms with Crippen LogP contribution in [0.15, 0.2) is 0 Å². The summed E-state index contributed by atoms with van der Waals surface area (Å²) in [5, 5.41) is 12.0. The van der Waals surface area contributed by atoms with E-state index in [1.807, 2.05) is 13.8 Å². The van der Waals surface area contributed by atoms with Crippen LogP contribution < -0.4 is 5.32 Å². The minimum absolute atomic E-state index is 0.0483. The quantitative estimate of drug-likeness (QED) is 0.744. The van der Waals surface area contributed by atoms with Crippen LogP contribution in [0.3, 0.4) is 0 Å². The molecule has 0 bridgehead atoms. The zero-order valence-electron chi connectivity index (χ0n) is 11.0. The van der Waals surface area contributed by atoms with Gasteiger partial charge >= 0.3 is 5.97 Å². The molecular weight excluding hydrogens is 252 g/mol. The molecule has 0 aromatic heterocycles. The molecule has 1 amide bonds. The first kappa shape index (κ1) is 15.3. The monoisotopic (exact) mass is 274 g/mol. The molecule has 2 unspecified atom stereocenters. The van der Waals surface area contributed by atoms with Crippen molar-refractivity contribution >= 4 is 23.6 Å². The lowest BCUT2D eigenvalue weighted by molar-refractivity contribution is -0.141. The van der Waals surface area contributed by atoms with Gasteiger partial charge in [0.2, 0.25) is 5.91 Å². The van der Waals surface area contributed by atoms with Crippen LogP contribution in [-0.2, 0) is 9.59 Å². The van der Waals surface area contributed by atoms with Crippen LogP contribution in [0.1, 0.15) is 20.3 Å². The average Bonchev–Trinajstić information content (AvgIpc) is 2.35. The number of hydrogen-bond acceptors (Lipinski definition) is 4. The number of carboxylic acid groups (broad SMARTS) is 1. The fourth-order valence-corrected chi connectivity index (χ4v) is 3.11. The van der Waals surface area contributed by atoms with E-state index in [0.29, 0.717) is 13.1 Å². The molecule has 6 heteroatoms. The van der Waals surface area contributed by atoms with Gasteiger partial charge in [-0.1, -0.05) is 13.8 Å². The van der Waals surface area contributed by atoms with Gasteiger partial charge in [-0.15, -0.1) is 0 Å². The zero-order chi connectivity index (χ0) is 13.5. The third-order valence-electron chi connectivity index (χ3n) is 3.04. The van der Waals surface area contributed by atoms with Crippen molar-refractivity contribution in [2.24, 2.45) is 5.92 Å². The van der Waals surface area contributed by atoms with Gasteiger partial charge in [-0.25, -0.2) is 0 Å². The number of rotatable bonds is 6. The Balaban J connectivity index is 2.58. The van der Waals surface area contributed by atoms with E-state index in [9.17, 15) is 9.59 Å². The van der Waals surface area contributed by atoms with E-state index >= 15 is 0 Å². The highest BCUT2D eigenvalue weighted by molar-refractivity contribution is 7.99. The topological polar surface area (TPSA) is 69.6 Å². The molecule has 1 rings (SSSR count). The first-order chi connectivity index (χ1) is 8.56. The van der Waals surface area contributed by atoms with E-state index in [0.717, 1.165) is 18.1 Å². The van der Waals surface area contributed by atoms with Gasteiger partial charge in [0.1, 0.15) is 0 Å². The van der Waals surface area contributed by atoms with Crippen molar-refractivity contribution in [3.63, 3.8) is 0 Å². The Morgan fingerprint density at radius 3 is 2.89 bits per heavy atom. The van der Waals surface area contributed by atoms with Gasteiger partial charge in [0.25, 0.3) is 0 Å². The molecule has 1 heterocycles. The molecule has 1 fully saturated rings. The van der Waals surface area contributed by atoms with Crippen molar-refractivity contribution in [3.8, 4) is 0 Å². The van der Waals surface area contributed by atoms with E-state index in [1.54, 1.807) is 16.7 Å². The molecule has 0 saturated carbocycles. The molecule has 0 spiro atoms. The first-order valence-corrected chi connectivity index (χ1v) is 7.52. The molecule has 18 heavy (non-hydrogen) atoms. The van der Waals surface area contributed by atoms with E-state index in [2.05, 4.69) is 5.32 Å². The van der Waals surface area contributed by atoms with Crippen LogP contribution in [-0.4, -0.2) is 59.1 Å². The summed E-state index contributed by atoms with van der Waals surface area (Å²) in [6.45, 7) is 6.05. The summed E-state index contributed by atoms with van der Waals surface area (Å²) in [5.74, 6) is 0.772. The Kier molecular flexibility index (Phi) is 6.49. The van der Waals surface area contributed by atoms with Crippen LogP contribution in [0, 0.1) is 5.92 Å². The maximum absolute atomic E-state index is 12.3. The summed E-state index contributed by atoms with van der Waals surface area (Å²) in [6, 6.07) is -0.155. The SMILES string of the molecule is CCNCC(C)C(=O)N1CCSCC1CC(=O)O. The van der Waals surface area contributed by atoms with Crippen molar-refractivity contribution < 1.29 is 14.7 Å². The van der Waals surface area contributed by atoms with Gasteiger partial charge in [0.05, 0.1) is 12.5 Å². The molecule has 104 valence electrons. The number of carbonyl (C=O) groups excluding carboxylic acids is 1. The lowest BCUT2D eigenvalue weighted by atomic mass is 10.1. The van der Waals surface area contributed by atoms with Crippen LogP contribution in [0.2, 0.25) is 0 Å². The summed E-state index contributed by atoms with van der Waals surface area (Å²) < 4.78 is 0. The third-order valence-corrected chi connectivity index (χ3v) is 4.13. The Morgan fingerprint density at radius 1 is 1.56 bits per heavy atom. The summed E-state index contributed by atoms with van der Waals surface area (Å²) in [4.78, 5) is 24.9. The normalized spacial score (nSPS) is 21.7. The lowest BCUT2D eigenvalue weighted by Crippen LogP contribution is -2.50. The number of hydrogen-bond donors (Lipinski definition) is 2. The smallest absolute Gasteiger partial charge is 0.305 e. The van der Waals surface area contributed by atoms with Gasteiger partial charge in [0.15, 0.2) is 0 Å². The van der Waals surface area contributed by atoms with Gasteiger partial charge in [-0.3, -0.25) is 9.59 Å². The molecule has 1 aliphatic heterocycles. The maximum Gasteiger partial charge on any atom is 0.305 e. The molecule has 2 N–H and O–H groups in total. The lowest BCUT2D eigenvalue weighted by Gasteiger charge is -2.36. The second-order valence-corrected chi connectivity index (χ2v) is 5.72. The van der Waals surface area contributed by atoms with Crippen molar-refractivity contribution in [1.82, 2.24) is 10.2 Å². The number of aliphatic carboxylic acids is 1. The fraction of sp³-hybridized carbons (Fsp3) is 0.833. The molecule has 2 atom stereocenters. The molecule has 1 aliphatic rings. The Labute approximate surface area is 112 Å². The van der Waals surface area contributed by atoms with Crippen molar-refractivity contribution in [2.45, 2.75) is 26.3 Å². The van der Waals surface area contributed by atoms with Crippen LogP contribution in [0.4, 0.5) is 0 Å². The number of nitrogens with one attached hydrogen (secondary N) is 1. The fourth-order valence-electron chi connectivity index (χ4n) is 2.05. The minimum atomic E-state index is -0.834. The van der Waals surface area contributed by atoms with Gasteiger partial charge in [-0.2, -0.15) is 11.8 Å². The Morgan fingerprint density at radius 2 is 2.28 bits per heavy atom. The van der Waals surface area contributed by atoms with Gasteiger partial charge in [0, 0.05) is 30.5 Å². The molecule has 0 aliphatic carbocycles. The third kappa shape index (κ3) is 4.49. The summed E-state index contributed by atoms with van der Waals surface area (Å²) in [6.07, 6.45) is 0.0483. The Bertz CT molecular complexity index is 299. The first-order valence-electron chi connectivity index (χ1n) is 6.37. The molecule has 5 nitrogen and oxygen atoms in total. The van der Waals surface area contributed by atoms with Gasteiger partial charge in [-0.05, 0) is 6.54 Å². The predicted octanol–water partition coefficient (Wildman–Crippen LogP) is 0.651. The zero-order valence-corrected chi connectivity index (χ0v) is 11.8. The average molecular weight is 274 g/mol. The van der Waals surface area contributed by atoms with Crippen molar-refractivity contribution in [1.29, 1.82) is 0 Å². The summed E-state index contributed by atoms with van der Waals surface area (Å²) in [7, 11) is 0. The van der Waals surface area contributed by atoms with Gasteiger partial charge < -0.3 is 15.3 Å². The van der Waals surface area contributed by atoms with Crippen LogP contribution >= 0.6 is 11.8 Å². The highest BCUT2D eigenvalue weighted by atomic mass is 32.2. The largest absolute Gasteiger partial charge is 0.481 e. The number of carbonyl (C=O) groups is 2. The van der Waals surface area contributed by atoms with E-state index in [4.69, 9.17) is 5.11 Å². The second kappa shape index (κ2) is 7.63. The van der Waals surface area contributed by atoms with Crippen LogP contribution in [0.5, 0.6) is 0 Å². The minimum Gasteiger partial charge on any atom is -0.481 e. The van der Waals surface area contributed by atoms with E-state index in [-0.39, 0.29) is 24.3 Å². The van der Waals surface area contributed by atoms with Crippen LogP contribution in [0.25, 0.3) is 0 Å². The number of carboxylic acids is 1. The number of thioether (sulfide) groups is 1. The van der Waals surface area contributed by atoms with Crippen molar-refractivity contribution in [2.75, 3.05) is 31.1 Å².